The summed E-state index contributed by atoms with van der Waals surface area (Å²) < 4.78 is 1.41. The van der Waals surface area contributed by atoms with Gasteiger partial charge in [-0.25, -0.2) is 0 Å². The maximum absolute atomic E-state index is 2.62. The molecular weight excluding hydrogens is 623 g/mol. The molecule has 0 saturated heterocycles. The molecule has 0 atom stereocenters. The predicted molar refractivity (Wildman–Crippen MR) is 215 cm³/mol. The molecule has 50 heavy (non-hydrogen) atoms. The van der Waals surface area contributed by atoms with Crippen LogP contribution in [0.15, 0.2) is 158 Å². The average Bonchev–Trinajstić information content (AvgIpc) is 3.59. The van der Waals surface area contributed by atoms with E-state index in [0.717, 1.165) is 0 Å². The van der Waals surface area contributed by atoms with Crippen LogP contribution in [0.2, 0.25) is 0 Å². The molecule has 6 aromatic carbocycles. The highest BCUT2D eigenvalue weighted by Gasteiger charge is 2.46. The van der Waals surface area contributed by atoms with Gasteiger partial charge in [0.05, 0.1) is 5.69 Å². The summed E-state index contributed by atoms with van der Waals surface area (Å²) in [6.07, 6.45) is 6.47. The van der Waals surface area contributed by atoms with E-state index in [1.807, 2.05) is 11.3 Å². The van der Waals surface area contributed by atoms with Gasteiger partial charge in [0.2, 0.25) is 0 Å². The Labute approximate surface area is 299 Å². The molecule has 3 heterocycles. The van der Waals surface area contributed by atoms with Crippen molar-refractivity contribution in [2.75, 3.05) is 9.80 Å². The summed E-state index contributed by atoms with van der Waals surface area (Å²) in [5.74, 6) is 0.563. The predicted octanol–water partition coefficient (Wildman–Crippen LogP) is 11.2. The molecule has 240 valence electrons. The van der Waals surface area contributed by atoms with Crippen LogP contribution < -0.4 is 25.5 Å². The van der Waals surface area contributed by atoms with Gasteiger partial charge in [-0.3, -0.25) is 0 Å². The third kappa shape index (κ3) is 4.70. The second-order valence-electron chi connectivity index (χ2n) is 13.9. The van der Waals surface area contributed by atoms with Gasteiger partial charge in [0.15, 0.2) is 0 Å². The number of hydrogen-bond donors (Lipinski definition) is 0. The molecule has 3 aliphatic rings. The van der Waals surface area contributed by atoms with E-state index in [0.29, 0.717) is 5.92 Å². The van der Waals surface area contributed by atoms with Crippen LogP contribution >= 0.6 is 11.3 Å². The van der Waals surface area contributed by atoms with Crippen molar-refractivity contribution in [3.05, 3.63) is 163 Å². The Morgan fingerprint density at radius 3 is 1.72 bits per heavy atom. The van der Waals surface area contributed by atoms with Crippen molar-refractivity contribution in [3.63, 3.8) is 0 Å². The van der Waals surface area contributed by atoms with Crippen LogP contribution in [0.25, 0.3) is 21.6 Å². The smallest absolute Gasteiger partial charge is 0.264 e. The van der Waals surface area contributed by atoms with E-state index in [2.05, 4.69) is 168 Å². The third-order valence-corrected chi connectivity index (χ3v) is 12.3. The van der Waals surface area contributed by atoms with Gasteiger partial charge in [-0.1, -0.05) is 135 Å². The van der Waals surface area contributed by atoms with Crippen molar-refractivity contribution >= 4 is 67.9 Å². The van der Waals surface area contributed by atoms with Crippen molar-refractivity contribution in [2.24, 2.45) is 0 Å². The summed E-state index contributed by atoms with van der Waals surface area (Å²) in [6.45, 7) is 0.108. The molecule has 0 radical (unpaired) electrons. The van der Waals surface area contributed by atoms with Crippen molar-refractivity contribution in [3.8, 4) is 21.6 Å². The standard InChI is InChI=1S/C46H37BN2S/c1-6-18-32(19-7-1)35-30-40-43-41(31-35)49(37-26-14-5-15-27-37)44-42(33-20-8-2-9-21-33)45(34-22-10-3-11-23-34)50-46(44)47(43)38-28-16-17-29-39(38)48(40)36-24-12-4-13-25-36/h2-5,8-17,20-32H,1,6-7,18-19H2. The number of anilines is 6. The normalized spacial score (nSPS) is 15.0. The van der Waals surface area contributed by atoms with E-state index in [1.165, 1.54) is 109 Å². The lowest BCUT2D eigenvalue weighted by Gasteiger charge is -2.44. The van der Waals surface area contributed by atoms with E-state index in [4.69, 9.17) is 0 Å². The minimum Gasteiger partial charge on any atom is -0.311 e. The zero-order valence-corrected chi connectivity index (χ0v) is 28.8. The van der Waals surface area contributed by atoms with E-state index in [1.54, 1.807) is 0 Å². The van der Waals surface area contributed by atoms with Gasteiger partial charge in [-0.05, 0) is 88.8 Å². The Bertz CT molecular complexity index is 2310. The quantitative estimate of drug-likeness (QED) is 0.170. The van der Waals surface area contributed by atoms with Crippen LogP contribution in [-0.4, -0.2) is 6.71 Å². The SMILES string of the molecule is c1ccc(-c2sc3c(c2-c2ccccc2)N(c2ccccc2)c2cc(C4CCCCC4)cc4c2B3c2ccccc2N4c2ccccc2)cc1. The molecule has 1 aliphatic carbocycles. The van der Waals surface area contributed by atoms with Gasteiger partial charge in [0.1, 0.15) is 0 Å². The summed E-state index contributed by atoms with van der Waals surface area (Å²) >= 11 is 1.98. The molecule has 0 N–H and O–H groups in total. The van der Waals surface area contributed by atoms with Gasteiger partial charge in [-0.15, -0.1) is 11.3 Å². The zero-order valence-electron chi connectivity index (χ0n) is 28.0. The fraction of sp³-hybridized carbons (Fsp3) is 0.130. The first-order chi connectivity index (χ1) is 24.8. The molecule has 4 heteroatoms. The molecule has 0 bridgehead atoms. The van der Waals surface area contributed by atoms with Gasteiger partial charge >= 0.3 is 0 Å². The zero-order chi connectivity index (χ0) is 33.0. The van der Waals surface area contributed by atoms with Gasteiger partial charge < -0.3 is 9.80 Å². The van der Waals surface area contributed by atoms with E-state index >= 15 is 0 Å². The maximum atomic E-state index is 2.62. The fourth-order valence-corrected chi connectivity index (χ4v) is 10.3. The van der Waals surface area contributed by atoms with Crippen LogP contribution in [0.1, 0.15) is 43.6 Å². The lowest BCUT2D eigenvalue weighted by Crippen LogP contribution is -2.60. The van der Waals surface area contributed by atoms with Crippen LogP contribution in [-0.2, 0) is 0 Å². The Morgan fingerprint density at radius 2 is 1.06 bits per heavy atom. The Morgan fingerprint density at radius 1 is 0.520 bits per heavy atom. The number of para-hydroxylation sites is 3. The Hall–Kier alpha value is -5.32. The molecule has 2 nitrogen and oxygen atoms in total. The van der Waals surface area contributed by atoms with Gasteiger partial charge in [-0.2, -0.15) is 0 Å². The highest BCUT2D eigenvalue weighted by atomic mass is 32.1. The second kappa shape index (κ2) is 12.2. The van der Waals surface area contributed by atoms with Crippen molar-refractivity contribution in [1.29, 1.82) is 0 Å². The topological polar surface area (TPSA) is 6.48 Å². The lowest BCUT2D eigenvalue weighted by molar-refractivity contribution is 0.444. The number of fused-ring (bicyclic) bond motifs is 4. The minimum absolute atomic E-state index is 0.108. The maximum Gasteiger partial charge on any atom is 0.264 e. The average molecular weight is 661 g/mol. The van der Waals surface area contributed by atoms with Crippen LogP contribution in [0.5, 0.6) is 0 Å². The summed E-state index contributed by atoms with van der Waals surface area (Å²) in [7, 11) is 0. The minimum atomic E-state index is 0.108. The monoisotopic (exact) mass is 660 g/mol. The summed E-state index contributed by atoms with van der Waals surface area (Å²) in [6, 6.07) is 58.6. The molecule has 0 spiro atoms. The number of benzene rings is 6. The lowest BCUT2D eigenvalue weighted by atomic mass is 9.36. The second-order valence-corrected chi connectivity index (χ2v) is 14.9. The Balaban J connectivity index is 1.35. The first-order valence-electron chi connectivity index (χ1n) is 18.1. The first kappa shape index (κ1) is 29.6. The molecule has 2 aliphatic heterocycles. The van der Waals surface area contributed by atoms with E-state index in [-0.39, 0.29) is 6.71 Å². The van der Waals surface area contributed by atoms with Crippen LogP contribution in [0.3, 0.4) is 0 Å². The van der Waals surface area contributed by atoms with E-state index in [9.17, 15) is 0 Å². The molecule has 0 unspecified atom stereocenters. The highest BCUT2D eigenvalue weighted by molar-refractivity contribution is 7.31. The first-order valence-corrected chi connectivity index (χ1v) is 18.9. The highest BCUT2D eigenvalue weighted by Crippen LogP contribution is 2.53. The third-order valence-electron chi connectivity index (χ3n) is 11.0. The number of thiophene rings is 1. The molecular formula is C46H37BN2S. The summed E-state index contributed by atoms with van der Waals surface area (Å²) in [4.78, 5) is 6.50. The van der Waals surface area contributed by atoms with Crippen molar-refractivity contribution < 1.29 is 0 Å². The van der Waals surface area contributed by atoms with Crippen molar-refractivity contribution in [1.82, 2.24) is 0 Å². The molecule has 10 rings (SSSR count). The Kier molecular flexibility index (Phi) is 7.24. The molecule has 7 aromatic rings. The van der Waals surface area contributed by atoms with Gasteiger partial charge in [0, 0.05) is 43.7 Å². The van der Waals surface area contributed by atoms with Gasteiger partial charge in [0.25, 0.3) is 6.71 Å². The van der Waals surface area contributed by atoms with Crippen LogP contribution in [0, 0.1) is 0 Å². The molecule has 1 fully saturated rings. The largest absolute Gasteiger partial charge is 0.311 e. The number of nitrogens with zero attached hydrogens (tertiary/aromatic N) is 2. The molecule has 0 amide bonds. The van der Waals surface area contributed by atoms with Crippen LogP contribution in [0.4, 0.5) is 34.1 Å². The number of rotatable bonds is 5. The summed E-state index contributed by atoms with van der Waals surface area (Å²) in [5, 5.41) is 0. The van der Waals surface area contributed by atoms with Crippen molar-refractivity contribution in [2.45, 2.75) is 38.0 Å². The fourth-order valence-electron chi connectivity index (χ4n) is 8.82. The molecule has 1 aromatic heterocycles. The molecule has 1 saturated carbocycles. The summed E-state index contributed by atoms with van der Waals surface area (Å²) in [5.41, 5.74) is 15.7. The van der Waals surface area contributed by atoms with E-state index < -0.39 is 0 Å². The number of hydrogen-bond acceptors (Lipinski definition) is 3.